The third-order valence-corrected chi connectivity index (χ3v) is 5.13. The van der Waals surface area contributed by atoms with E-state index in [9.17, 15) is 0 Å². The number of hydrogen-bond donors (Lipinski definition) is 0. The fraction of sp³-hybridized carbons (Fsp3) is 1.00. The molecule has 0 N–H and O–H groups in total. The first kappa shape index (κ1) is 15.0. The summed E-state index contributed by atoms with van der Waals surface area (Å²) >= 11 is 0. The molecule has 3 unspecified atom stereocenters. The van der Waals surface area contributed by atoms with Crippen molar-refractivity contribution >= 4 is 0 Å². The van der Waals surface area contributed by atoms with E-state index in [0.717, 1.165) is 11.8 Å². The zero-order valence-electron chi connectivity index (χ0n) is 13.1. The van der Waals surface area contributed by atoms with E-state index in [0.29, 0.717) is 17.5 Å². The van der Waals surface area contributed by atoms with Crippen LogP contribution in [0.15, 0.2) is 0 Å². The van der Waals surface area contributed by atoms with Crippen LogP contribution in [0.3, 0.4) is 0 Å². The van der Waals surface area contributed by atoms with Crippen molar-refractivity contribution in [1.29, 1.82) is 0 Å². The standard InChI is InChI=1S/C16H33N/c1-12(2)17(7)14(4)15-10-8-9-13(3)11-16(15,5)6/h12-15H,8-11H2,1-7H3. The summed E-state index contributed by atoms with van der Waals surface area (Å²) in [7, 11) is 2.29. The van der Waals surface area contributed by atoms with Crippen LogP contribution in [0.4, 0.5) is 0 Å². The van der Waals surface area contributed by atoms with Gasteiger partial charge in [0.05, 0.1) is 0 Å². The SMILES string of the molecule is CC1CCCC(C(C)N(C)C(C)C)C(C)(C)C1. The van der Waals surface area contributed by atoms with Gasteiger partial charge in [-0.3, -0.25) is 0 Å². The highest BCUT2D eigenvalue weighted by Crippen LogP contribution is 2.44. The maximum absolute atomic E-state index is 2.56. The zero-order chi connectivity index (χ0) is 13.2. The Morgan fingerprint density at radius 1 is 1.12 bits per heavy atom. The lowest BCUT2D eigenvalue weighted by molar-refractivity contribution is 0.0639. The second-order valence-electron chi connectivity index (χ2n) is 7.34. The fourth-order valence-electron chi connectivity index (χ4n) is 3.88. The molecule has 0 bridgehead atoms. The molecule has 0 heterocycles. The molecule has 0 aromatic carbocycles. The molecule has 0 spiro atoms. The van der Waals surface area contributed by atoms with Gasteiger partial charge in [-0.05, 0) is 57.9 Å². The van der Waals surface area contributed by atoms with Crippen LogP contribution in [0.2, 0.25) is 0 Å². The highest BCUT2D eigenvalue weighted by atomic mass is 15.1. The summed E-state index contributed by atoms with van der Waals surface area (Å²) in [5.74, 6) is 1.76. The van der Waals surface area contributed by atoms with E-state index in [-0.39, 0.29) is 0 Å². The van der Waals surface area contributed by atoms with E-state index in [1.54, 1.807) is 0 Å². The number of rotatable bonds is 3. The molecule has 0 radical (unpaired) electrons. The quantitative estimate of drug-likeness (QED) is 0.652. The van der Waals surface area contributed by atoms with Gasteiger partial charge >= 0.3 is 0 Å². The Balaban J connectivity index is 2.79. The van der Waals surface area contributed by atoms with Crippen LogP contribution < -0.4 is 0 Å². The maximum Gasteiger partial charge on any atom is 0.00999 e. The first-order valence-corrected chi connectivity index (χ1v) is 7.47. The molecular weight excluding hydrogens is 206 g/mol. The van der Waals surface area contributed by atoms with Gasteiger partial charge in [0, 0.05) is 12.1 Å². The van der Waals surface area contributed by atoms with Gasteiger partial charge in [-0.1, -0.05) is 33.6 Å². The molecule has 1 rings (SSSR count). The minimum Gasteiger partial charge on any atom is -0.301 e. The van der Waals surface area contributed by atoms with Crippen LogP contribution in [0.1, 0.15) is 67.2 Å². The van der Waals surface area contributed by atoms with Gasteiger partial charge in [-0.15, -0.1) is 0 Å². The topological polar surface area (TPSA) is 3.24 Å². The van der Waals surface area contributed by atoms with Gasteiger partial charge in [-0.25, -0.2) is 0 Å². The Kier molecular flexibility index (Phi) is 5.07. The average molecular weight is 239 g/mol. The van der Waals surface area contributed by atoms with Crippen LogP contribution in [0.25, 0.3) is 0 Å². The van der Waals surface area contributed by atoms with E-state index in [4.69, 9.17) is 0 Å². The van der Waals surface area contributed by atoms with E-state index < -0.39 is 0 Å². The molecule has 17 heavy (non-hydrogen) atoms. The van der Waals surface area contributed by atoms with Crippen molar-refractivity contribution in [2.75, 3.05) is 7.05 Å². The van der Waals surface area contributed by atoms with Crippen molar-refractivity contribution < 1.29 is 0 Å². The summed E-state index contributed by atoms with van der Waals surface area (Å²) in [6.07, 6.45) is 5.66. The molecule has 102 valence electrons. The summed E-state index contributed by atoms with van der Waals surface area (Å²) in [6, 6.07) is 1.36. The van der Waals surface area contributed by atoms with E-state index in [1.807, 2.05) is 0 Å². The average Bonchev–Trinajstić information content (AvgIpc) is 2.33. The normalized spacial score (nSPS) is 31.6. The van der Waals surface area contributed by atoms with Gasteiger partial charge in [0.25, 0.3) is 0 Å². The summed E-state index contributed by atoms with van der Waals surface area (Å²) in [5, 5.41) is 0. The maximum atomic E-state index is 2.56. The van der Waals surface area contributed by atoms with Crippen LogP contribution in [0, 0.1) is 17.3 Å². The molecule has 1 aliphatic rings. The summed E-state index contributed by atoms with van der Waals surface area (Å²) in [4.78, 5) is 2.56. The van der Waals surface area contributed by atoms with Crippen molar-refractivity contribution in [2.45, 2.75) is 79.3 Å². The molecule has 1 nitrogen and oxygen atoms in total. The number of hydrogen-bond acceptors (Lipinski definition) is 1. The molecule has 1 heteroatoms. The number of nitrogens with zero attached hydrogens (tertiary/aromatic N) is 1. The predicted molar refractivity (Wildman–Crippen MR) is 77.3 cm³/mol. The van der Waals surface area contributed by atoms with Crippen LogP contribution in [-0.2, 0) is 0 Å². The van der Waals surface area contributed by atoms with E-state index >= 15 is 0 Å². The fourth-order valence-corrected chi connectivity index (χ4v) is 3.88. The summed E-state index contributed by atoms with van der Waals surface area (Å²) in [6.45, 7) is 14.5. The smallest absolute Gasteiger partial charge is 0.00999 e. The molecule has 0 aliphatic heterocycles. The Bertz CT molecular complexity index is 232. The van der Waals surface area contributed by atoms with Crippen molar-refractivity contribution in [3.8, 4) is 0 Å². The third kappa shape index (κ3) is 3.71. The first-order chi connectivity index (χ1) is 7.75. The minimum atomic E-state index is 0.498. The van der Waals surface area contributed by atoms with Crippen LogP contribution >= 0.6 is 0 Å². The van der Waals surface area contributed by atoms with Crippen molar-refractivity contribution in [3.05, 3.63) is 0 Å². The van der Waals surface area contributed by atoms with Crippen molar-refractivity contribution in [2.24, 2.45) is 17.3 Å². The van der Waals surface area contributed by atoms with Gasteiger partial charge in [-0.2, -0.15) is 0 Å². The van der Waals surface area contributed by atoms with Gasteiger partial charge < -0.3 is 4.90 Å². The second-order valence-corrected chi connectivity index (χ2v) is 7.34. The monoisotopic (exact) mass is 239 g/mol. The van der Waals surface area contributed by atoms with Crippen molar-refractivity contribution in [3.63, 3.8) is 0 Å². The lowest BCUT2D eigenvalue weighted by Gasteiger charge is -2.43. The molecule has 1 fully saturated rings. The lowest BCUT2D eigenvalue weighted by Crippen LogP contribution is -2.45. The van der Waals surface area contributed by atoms with Crippen molar-refractivity contribution in [1.82, 2.24) is 4.90 Å². The molecule has 0 amide bonds. The Hall–Kier alpha value is -0.0400. The van der Waals surface area contributed by atoms with Gasteiger partial charge in [0.2, 0.25) is 0 Å². The molecule has 1 saturated carbocycles. The molecular formula is C16H33N. The second kappa shape index (κ2) is 5.73. The molecule has 0 saturated heterocycles. The predicted octanol–water partition coefficient (Wildman–Crippen LogP) is 4.57. The van der Waals surface area contributed by atoms with Gasteiger partial charge in [0.1, 0.15) is 0 Å². The summed E-state index contributed by atoms with van der Waals surface area (Å²) < 4.78 is 0. The molecule has 0 aromatic heterocycles. The molecule has 3 atom stereocenters. The Labute approximate surface area is 109 Å². The zero-order valence-corrected chi connectivity index (χ0v) is 13.1. The molecule has 0 aromatic rings. The summed E-state index contributed by atoms with van der Waals surface area (Å²) in [5.41, 5.74) is 0.498. The first-order valence-electron chi connectivity index (χ1n) is 7.47. The van der Waals surface area contributed by atoms with E-state index in [2.05, 4.69) is 53.5 Å². The highest BCUT2D eigenvalue weighted by Gasteiger charge is 2.37. The van der Waals surface area contributed by atoms with Crippen LogP contribution in [0.5, 0.6) is 0 Å². The Morgan fingerprint density at radius 3 is 2.24 bits per heavy atom. The highest BCUT2D eigenvalue weighted by molar-refractivity contribution is 4.89. The lowest BCUT2D eigenvalue weighted by atomic mass is 9.70. The third-order valence-electron chi connectivity index (χ3n) is 5.13. The Morgan fingerprint density at radius 2 is 1.71 bits per heavy atom. The molecule has 1 aliphatic carbocycles. The van der Waals surface area contributed by atoms with Crippen LogP contribution in [-0.4, -0.2) is 24.0 Å². The minimum absolute atomic E-state index is 0.498. The van der Waals surface area contributed by atoms with E-state index in [1.165, 1.54) is 25.7 Å². The van der Waals surface area contributed by atoms with Gasteiger partial charge in [0.15, 0.2) is 0 Å². The largest absolute Gasteiger partial charge is 0.301 e.